The highest BCUT2D eigenvalue weighted by atomic mass is 16.2. The predicted molar refractivity (Wildman–Crippen MR) is 109 cm³/mol. The second-order valence-electron chi connectivity index (χ2n) is 6.43. The van der Waals surface area contributed by atoms with E-state index < -0.39 is 0 Å². The Labute approximate surface area is 163 Å². The van der Waals surface area contributed by atoms with E-state index in [1.165, 1.54) is 0 Å². The third kappa shape index (κ3) is 4.25. The van der Waals surface area contributed by atoms with Gasteiger partial charge in [-0.25, -0.2) is 0 Å². The Morgan fingerprint density at radius 2 is 1.46 bits per heavy atom. The maximum atomic E-state index is 12.6. The van der Waals surface area contributed by atoms with Crippen LogP contribution in [0.2, 0.25) is 0 Å². The van der Waals surface area contributed by atoms with Crippen molar-refractivity contribution in [1.82, 2.24) is 0 Å². The summed E-state index contributed by atoms with van der Waals surface area (Å²) in [7, 11) is 0. The smallest absolute Gasteiger partial charge is 0.255 e. The van der Waals surface area contributed by atoms with Crippen molar-refractivity contribution in [3.63, 3.8) is 0 Å². The SMILES string of the molecule is Cc1cccc(NC(=O)c2cccc(C(=O)Nc3cccc(C#N)c3)c2)c1C. The molecule has 0 aromatic heterocycles. The summed E-state index contributed by atoms with van der Waals surface area (Å²) in [6.45, 7) is 3.93. The number of hydrogen-bond donors (Lipinski definition) is 2. The molecule has 0 bridgehead atoms. The Hall–Kier alpha value is -3.91. The average Bonchev–Trinajstić information content (AvgIpc) is 2.71. The summed E-state index contributed by atoms with van der Waals surface area (Å²) in [5, 5.41) is 14.6. The third-order valence-electron chi connectivity index (χ3n) is 4.49. The maximum Gasteiger partial charge on any atom is 0.255 e. The molecule has 0 aliphatic heterocycles. The fourth-order valence-electron chi connectivity index (χ4n) is 2.75. The van der Waals surface area contributed by atoms with Gasteiger partial charge in [0.1, 0.15) is 0 Å². The van der Waals surface area contributed by atoms with Gasteiger partial charge in [-0.3, -0.25) is 9.59 Å². The second kappa shape index (κ2) is 8.19. The number of anilines is 2. The van der Waals surface area contributed by atoms with E-state index in [0.29, 0.717) is 22.4 Å². The number of rotatable bonds is 4. The first-order chi connectivity index (χ1) is 13.5. The molecule has 2 amide bonds. The average molecular weight is 369 g/mol. The Balaban J connectivity index is 1.77. The fraction of sp³-hybridized carbons (Fsp3) is 0.0870. The van der Waals surface area contributed by atoms with Crippen LogP contribution in [0.15, 0.2) is 66.7 Å². The molecule has 0 radical (unpaired) electrons. The number of nitriles is 1. The molecule has 0 aliphatic carbocycles. The summed E-state index contributed by atoms with van der Waals surface area (Å²) in [6, 6.07) is 20.9. The van der Waals surface area contributed by atoms with Crippen LogP contribution in [-0.2, 0) is 0 Å². The fourth-order valence-corrected chi connectivity index (χ4v) is 2.75. The van der Waals surface area contributed by atoms with Crippen LogP contribution in [0.4, 0.5) is 11.4 Å². The standard InChI is InChI=1S/C23H19N3O2/c1-15-6-3-11-21(16(15)2)26-23(28)19-9-5-8-18(13-19)22(27)25-20-10-4-7-17(12-20)14-24/h3-13H,1-2H3,(H,25,27)(H,26,28). The minimum atomic E-state index is -0.350. The molecule has 0 unspecified atom stereocenters. The van der Waals surface area contributed by atoms with Crippen molar-refractivity contribution < 1.29 is 9.59 Å². The summed E-state index contributed by atoms with van der Waals surface area (Å²) < 4.78 is 0. The number of hydrogen-bond acceptors (Lipinski definition) is 3. The molecule has 3 rings (SSSR count). The summed E-state index contributed by atoms with van der Waals surface area (Å²) >= 11 is 0. The van der Waals surface area contributed by atoms with Crippen molar-refractivity contribution >= 4 is 23.2 Å². The van der Waals surface area contributed by atoms with Crippen LogP contribution in [0.3, 0.4) is 0 Å². The molecule has 0 saturated heterocycles. The highest BCUT2D eigenvalue weighted by Crippen LogP contribution is 2.19. The quantitative estimate of drug-likeness (QED) is 0.700. The molecule has 0 atom stereocenters. The van der Waals surface area contributed by atoms with Crippen LogP contribution in [0.25, 0.3) is 0 Å². The molecule has 0 saturated carbocycles. The van der Waals surface area contributed by atoms with Gasteiger partial charge in [-0.05, 0) is 67.4 Å². The molecule has 0 fully saturated rings. The largest absolute Gasteiger partial charge is 0.322 e. The zero-order valence-corrected chi connectivity index (χ0v) is 15.6. The van der Waals surface area contributed by atoms with Crippen LogP contribution >= 0.6 is 0 Å². The number of amides is 2. The van der Waals surface area contributed by atoms with Gasteiger partial charge in [0.25, 0.3) is 11.8 Å². The number of aryl methyl sites for hydroxylation is 1. The van der Waals surface area contributed by atoms with Gasteiger partial charge in [-0.15, -0.1) is 0 Å². The van der Waals surface area contributed by atoms with E-state index >= 15 is 0 Å². The zero-order chi connectivity index (χ0) is 20.1. The Morgan fingerprint density at radius 3 is 2.18 bits per heavy atom. The molecule has 3 aromatic carbocycles. The lowest BCUT2D eigenvalue weighted by Gasteiger charge is -2.11. The van der Waals surface area contributed by atoms with E-state index in [9.17, 15) is 9.59 Å². The maximum absolute atomic E-state index is 12.6. The Morgan fingerprint density at radius 1 is 0.821 bits per heavy atom. The van der Waals surface area contributed by atoms with E-state index in [4.69, 9.17) is 5.26 Å². The third-order valence-corrected chi connectivity index (χ3v) is 4.49. The van der Waals surface area contributed by atoms with E-state index in [2.05, 4.69) is 10.6 Å². The minimum Gasteiger partial charge on any atom is -0.322 e. The minimum absolute atomic E-state index is 0.283. The lowest BCUT2D eigenvalue weighted by atomic mass is 10.1. The van der Waals surface area contributed by atoms with Crippen LogP contribution in [-0.4, -0.2) is 11.8 Å². The van der Waals surface area contributed by atoms with Gasteiger partial charge in [0.2, 0.25) is 0 Å². The first kappa shape index (κ1) is 18.9. The Bertz CT molecular complexity index is 1100. The molecule has 138 valence electrons. The van der Waals surface area contributed by atoms with E-state index in [0.717, 1.165) is 16.8 Å². The molecule has 5 nitrogen and oxygen atoms in total. The normalized spacial score (nSPS) is 10.0. The topological polar surface area (TPSA) is 82.0 Å². The van der Waals surface area contributed by atoms with Crippen LogP contribution in [0.1, 0.15) is 37.4 Å². The van der Waals surface area contributed by atoms with Crippen molar-refractivity contribution in [2.24, 2.45) is 0 Å². The second-order valence-corrected chi connectivity index (χ2v) is 6.43. The molecular weight excluding hydrogens is 350 g/mol. The summed E-state index contributed by atoms with van der Waals surface area (Å²) in [6.07, 6.45) is 0. The highest BCUT2D eigenvalue weighted by Gasteiger charge is 2.12. The van der Waals surface area contributed by atoms with Crippen molar-refractivity contribution in [1.29, 1.82) is 5.26 Å². The van der Waals surface area contributed by atoms with E-state index in [-0.39, 0.29) is 11.8 Å². The van der Waals surface area contributed by atoms with Crippen molar-refractivity contribution in [3.8, 4) is 6.07 Å². The predicted octanol–water partition coefficient (Wildman–Crippen LogP) is 4.68. The van der Waals surface area contributed by atoms with Crippen molar-refractivity contribution in [3.05, 3.63) is 94.5 Å². The van der Waals surface area contributed by atoms with Gasteiger partial charge in [0.05, 0.1) is 11.6 Å². The van der Waals surface area contributed by atoms with Gasteiger partial charge >= 0.3 is 0 Å². The van der Waals surface area contributed by atoms with Crippen molar-refractivity contribution in [2.45, 2.75) is 13.8 Å². The number of nitrogens with one attached hydrogen (secondary N) is 2. The lowest BCUT2D eigenvalue weighted by molar-refractivity contribution is 0.102. The van der Waals surface area contributed by atoms with E-state index in [1.807, 2.05) is 38.1 Å². The van der Waals surface area contributed by atoms with Crippen molar-refractivity contribution in [2.75, 3.05) is 10.6 Å². The molecule has 5 heteroatoms. The number of nitrogens with zero attached hydrogens (tertiary/aromatic N) is 1. The van der Waals surface area contributed by atoms with Gasteiger partial charge in [-0.1, -0.05) is 24.3 Å². The summed E-state index contributed by atoms with van der Waals surface area (Å²) in [5.74, 6) is -0.633. The molecule has 2 N–H and O–H groups in total. The number of carbonyl (C=O) groups excluding carboxylic acids is 2. The highest BCUT2D eigenvalue weighted by molar-refractivity contribution is 6.09. The van der Waals surface area contributed by atoms with Gasteiger partial charge < -0.3 is 10.6 Å². The number of benzene rings is 3. The molecule has 0 aliphatic rings. The van der Waals surface area contributed by atoms with Crippen LogP contribution < -0.4 is 10.6 Å². The summed E-state index contributed by atoms with van der Waals surface area (Å²) in [5.41, 5.74) is 4.56. The van der Waals surface area contributed by atoms with Gasteiger partial charge in [0, 0.05) is 22.5 Å². The molecule has 0 heterocycles. The molecule has 28 heavy (non-hydrogen) atoms. The van der Waals surface area contributed by atoms with Gasteiger partial charge in [-0.2, -0.15) is 5.26 Å². The van der Waals surface area contributed by atoms with E-state index in [1.54, 1.807) is 48.5 Å². The first-order valence-corrected chi connectivity index (χ1v) is 8.77. The Kier molecular flexibility index (Phi) is 5.52. The van der Waals surface area contributed by atoms with Crippen LogP contribution in [0, 0.1) is 25.2 Å². The monoisotopic (exact) mass is 369 g/mol. The summed E-state index contributed by atoms with van der Waals surface area (Å²) in [4.78, 5) is 25.1. The first-order valence-electron chi connectivity index (χ1n) is 8.77. The molecule has 3 aromatic rings. The molecular formula is C23H19N3O2. The van der Waals surface area contributed by atoms with Gasteiger partial charge in [0.15, 0.2) is 0 Å². The number of carbonyl (C=O) groups is 2. The lowest BCUT2D eigenvalue weighted by Crippen LogP contribution is -2.16. The van der Waals surface area contributed by atoms with Crippen LogP contribution in [0.5, 0.6) is 0 Å². The molecule has 0 spiro atoms. The zero-order valence-electron chi connectivity index (χ0n) is 15.6.